The number of fused-ring (bicyclic) bond motifs is 1. The van der Waals surface area contributed by atoms with Crippen molar-refractivity contribution in [3.8, 4) is 17.2 Å². The van der Waals surface area contributed by atoms with Crippen molar-refractivity contribution in [2.45, 2.75) is 18.9 Å². The highest BCUT2D eigenvalue weighted by Gasteiger charge is 2.27. The van der Waals surface area contributed by atoms with Gasteiger partial charge in [-0.1, -0.05) is 11.6 Å². The first-order chi connectivity index (χ1) is 9.54. The van der Waals surface area contributed by atoms with Crippen molar-refractivity contribution in [1.29, 1.82) is 0 Å². The molecule has 0 aliphatic carbocycles. The van der Waals surface area contributed by atoms with E-state index in [-0.39, 0.29) is 6.42 Å². The van der Waals surface area contributed by atoms with E-state index in [0.29, 0.717) is 41.0 Å². The molecular formula is C13H16ClNO5. The van der Waals surface area contributed by atoms with Gasteiger partial charge in [-0.3, -0.25) is 4.79 Å². The Balaban J connectivity index is 2.55. The summed E-state index contributed by atoms with van der Waals surface area (Å²) in [4.78, 5) is 10.9. The van der Waals surface area contributed by atoms with Gasteiger partial charge in [-0.05, 0) is 0 Å². The lowest BCUT2D eigenvalue weighted by molar-refractivity contribution is -0.137. The van der Waals surface area contributed by atoms with Crippen molar-refractivity contribution in [3.05, 3.63) is 16.7 Å². The fraction of sp³-hybridized carbons (Fsp3) is 0.462. The summed E-state index contributed by atoms with van der Waals surface area (Å²) in [6.07, 6.45) is 0.467. The Morgan fingerprint density at radius 3 is 2.90 bits per heavy atom. The fourth-order valence-corrected chi connectivity index (χ4v) is 2.39. The van der Waals surface area contributed by atoms with Crippen LogP contribution in [0.4, 0.5) is 0 Å². The number of nitrogens with two attached hydrogens (primary N) is 1. The molecule has 0 aromatic heterocycles. The quantitative estimate of drug-likeness (QED) is 0.883. The first-order valence-corrected chi connectivity index (χ1v) is 6.55. The van der Waals surface area contributed by atoms with Gasteiger partial charge < -0.3 is 25.1 Å². The van der Waals surface area contributed by atoms with Crippen molar-refractivity contribution in [2.75, 3.05) is 20.3 Å². The van der Waals surface area contributed by atoms with Gasteiger partial charge in [-0.25, -0.2) is 0 Å². The zero-order valence-electron chi connectivity index (χ0n) is 11.0. The second-order valence-corrected chi connectivity index (χ2v) is 4.79. The van der Waals surface area contributed by atoms with Gasteiger partial charge in [-0.2, -0.15) is 0 Å². The van der Waals surface area contributed by atoms with Crippen molar-refractivity contribution < 1.29 is 24.1 Å². The zero-order valence-corrected chi connectivity index (χ0v) is 11.8. The van der Waals surface area contributed by atoms with Gasteiger partial charge in [0.2, 0.25) is 0 Å². The lowest BCUT2D eigenvalue weighted by Crippen LogP contribution is -2.17. The van der Waals surface area contributed by atoms with E-state index in [1.54, 1.807) is 6.07 Å². The molecule has 1 atom stereocenters. The second-order valence-electron chi connectivity index (χ2n) is 4.39. The molecule has 0 bridgehead atoms. The molecule has 1 aromatic rings. The van der Waals surface area contributed by atoms with E-state index >= 15 is 0 Å². The molecule has 0 saturated carbocycles. The molecule has 0 radical (unpaired) electrons. The summed E-state index contributed by atoms with van der Waals surface area (Å²) < 4.78 is 16.4. The predicted octanol–water partition coefficient (Wildman–Crippen LogP) is 1.98. The summed E-state index contributed by atoms with van der Waals surface area (Å²) in [5.74, 6) is 0.189. The van der Waals surface area contributed by atoms with E-state index < -0.39 is 12.0 Å². The summed E-state index contributed by atoms with van der Waals surface area (Å²) in [7, 11) is 1.45. The Bertz CT molecular complexity index is 520. The standard InChI is InChI=1S/C13H16ClNO5/c1-18-12-7(14)5-9-13(20-4-2-3-19-9)11(12)8(15)6-10(16)17/h5,8H,2-4,6,15H2,1H3,(H,16,17). The van der Waals surface area contributed by atoms with E-state index in [9.17, 15) is 4.79 Å². The molecule has 0 spiro atoms. The van der Waals surface area contributed by atoms with E-state index in [4.69, 9.17) is 36.7 Å². The first kappa shape index (κ1) is 14.7. The van der Waals surface area contributed by atoms with Crippen LogP contribution >= 0.6 is 11.6 Å². The maximum atomic E-state index is 10.9. The van der Waals surface area contributed by atoms with Gasteiger partial charge in [0.1, 0.15) is 5.75 Å². The van der Waals surface area contributed by atoms with Gasteiger partial charge in [0.15, 0.2) is 11.5 Å². The molecule has 3 N–H and O–H groups in total. The third kappa shape index (κ3) is 2.91. The highest BCUT2D eigenvalue weighted by atomic mass is 35.5. The number of hydrogen-bond donors (Lipinski definition) is 2. The van der Waals surface area contributed by atoms with Crippen LogP contribution in [0.15, 0.2) is 6.07 Å². The van der Waals surface area contributed by atoms with Crippen molar-refractivity contribution in [1.82, 2.24) is 0 Å². The molecule has 20 heavy (non-hydrogen) atoms. The maximum Gasteiger partial charge on any atom is 0.305 e. The number of aliphatic carboxylic acids is 1. The number of methoxy groups -OCH3 is 1. The first-order valence-electron chi connectivity index (χ1n) is 6.18. The molecule has 1 aliphatic rings. The third-order valence-electron chi connectivity index (χ3n) is 2.95. The lowest BCUT2D eigenvalue weighted by atomic mass is 10.0. The molecule has 110 valence electrons. The van der Waals surface area contributed by atoms with Crippen LogP contribution in [-0.4, -0.2) is 31.4 Å². The highest BCUT2D eigenvalue weighted by molar-refractivity contribution is 6.32. The number of benzene rings is 1. The minimum absolute atomic E-state index is 0.257. The summed E-state index contributed by atoms with van der Waals surface area (Å²) in [6.45, 7) is 0.966. The van der Waals surface area contributed by atoms with Crippen LogP contribution in [0.2, 0.25) is 5.02 Å². The van der Waals surface area contributed by atoms with Gasteiger partial charge in [0, 0.05) is 18.5 Å². The highest BCUT2D eigenvalue weighted by Crippen LogP contribution is 2.46. The molecule has 1 aliphatic heterocycles. The van der Waals surface area contributed by atoms with Gasteiger partial charge >= 0.3 is 5.97 Å². The SMILES string of the molecule is COc1c(Cl)cc2c(c1C(N)CC(=O)O)OCCCO2. The minimum atomic E-state index is -1.01. The van der Waals surface area contributed by atoms with Crippen molar-refractivity contribution in [3.63, 3.8) is 0 Å². The van der Waals surface area contributed by atoms with Crippen LogP contribution in [0.5, 0.6) is 17.2 Å². The van der Waals surface area contributed by atoms with E-state index in [2.05, 4.69) is 0 Å². The van der Waals surface area contributed by atoms with Crippen molar-refractivity contribution in [2.24, 2.45) is 5.73 Å². The number of carboxylic acids is 1. The summed E-state index contributed by atoms with van der Waals surface area (Å²) in [5, 5.41) is 9.22. The molecule has 6 nitrogen and oxygen atoms in total. The molecule has 0 amide bonds. The molecule has 1 unspecified atom stereocenters. The molecule has 0 saturated heterocycles. The van der Waals surface area contributed by atoms with Gasteiger partial charge in [-0.15, -0.1) is 0 Å². The topological polar surface area (TPSA) is 91.0 Å². The number of carbonyl (C=O) groups is 1. The van der Waals surface area contributed by atoms with E-state index in [1.165, 1.54) is 7.11 Å². The van der Waals surface area contributed by atoms with Crippen LogP contribution in [-0.2, 0) is 4.79 Å². The van der Waals surface area contributed by atoms with Crippen LogP contribution in [0.3, 0.4) is 0 Å². The fourth-order valence-electron chi connectivity index (χ4n) is 2.12. The van der Waals surface area contributed by atoms with Crippen molar-refractivity contribution >= 4 is 17.6 Å². The number of halogens is 1. The second kappa shape index (κ2) is 6.19. The predicted molar refractivity (Wildman–Crippen MR) is 72.8 cm³/mol. The largest absolute Gasteiger partial charge is 0.495 e. The molecule has 1 heterocycles. The lowest BCUT2D eigenvalue weighted by Gasteiger charge is -2.20. The maximum absolute atomic E-state index is 10.9. The number of rotatable bonds is 4. The smallest absolute Gasteiger partial charge is 0.305 e. The summed E-state index contributed by atoms with van der Waals surface area (Å²) >= 11 is 6.14. The van der Waals surface area contributed by atoms with E-state index in [0.717, 1.165) is 6.42 Å². The molecule has 0 fully saturated rings. The van der Waals surface area contributed by atoms with Gasteiger partial charge in [0.05, 0.1) is 37.3 Å². The Kier molecular flexibility index (Phi) is 4.57. The van der Waals surface area contributed by atoms with Crippen LogP contribution in [0.25, 0.3) is 0 Å². The number of carboxylic acid groups (broad SMARTS) is 1. The Morgan fingerprint density at radius 1 is 1.55 bits per heavy atom. The normalized spacial score (nSPS) is 15.3. The monoisotopic (exact) mass is 301 g/mol. The average molecular weight is 302 g/mol. The Morgan fingerprint density at radius 2 is 2.25 bits per heavy atom. The number of ether oxygens (including phenoxy) is 3. The zero-order chi connectivity index (χ0) is 14.7. The molecule has 7 heteroatoms. The van der Waals surface area contributed by atoms with E-state index in [1.807, 2.05) is 0 Å². The van der Waals surface area contributed by atoms with Crippen LogP contribution in [0, 0.1) is 0 Å². The molecular weight excluding hydrogens is 286 g/mol. The average Bonchev–Trinajstić information content (AvgIpc) is 2.61. The third-order valence-corrected chi connectivity index (χ3v) is 3.23. The summed E-state index contributed by atoms with van der Waals surface area (Å²) in [5.41, 5.74) is 6.39. The molecule has 1 aromatic carbocycles. The Labute approximate surface area is 121 Å². The van der Waals surface area contributed by atoms with Gasteiger partial charge in [0.25, 0.3) is 0 Å². The molecule has 2 rings (SSSR count). The van der Waals surface area contributed by atoms with Crippen LogP contribution < -0.4 is 19.9 Å². The Hall–Kier alpha value is -1.66. The summed E-state index contributed by atoms with van der Waals surface area (Å²) in [6, 6.07) is 0.800. The minimum Gasteiger partial charge on any atom is -0.495 e. The number of hydrogen-bond acceptors (Lipinski definition) is 5. The van der Waals surface area contributed by atoms with Crippen LogP contribution in [0.1, 0.15) is 24.4 Å².